The summed E-state index contributed by atoms with van der Waals surface area (Å²) in [6.07, 6.45) is 0. The van der Waals surface area contributed by atoms with Crippen molar-refractivity contribution in [2.45, 2.75) is 0 Å². The Kier molecular flexibility index (Phi) is 8.17. The molecule has 0 saturated heterocycles. The highest BCUT2D eigenvalue weighted by Gasteiger charge is 2.21. The lowest BCUT2D eigenvalue weighted by Crippen LogP contribution is -1.99. The van der Waals surface area contributed by atoms with E-state index in [1.165, 1.54) is 54.6 Å². The molecule has 0 fully saturated rings. The number of benzene rings is 10. The summed E-state index contributed by atoms with van der Waals surface area (Å²) in [5.74, 6) is 0.697. The van der Waals surface area contributed by atoms with Gasteiger partial charge in [0.2, 0.25) is 0 Å². The molecule has 2 aromatic heterocycles. The normalized spacial score (nSPS) is 11.6. The first-order valence-corrected chi connectivity index (χ1v) is 20.8. The van der Waals surface area contributed by atoms with Gasteiger partial charge in [-0.25, -0.2) is 9.97 Å². The van der Waals surface area contributed by atoms with E-state index in [0.717, 1.165) is 55.6 Å². The fourth-order valence-electron chi connectivity index (χ4n) is 9.30. The maximum absolute atomic E-state index is 5.44. The van der Waals surface area contributed by atoms with E-state index in [1.54, 1.807) is 0 Å². The molecule has 0 bridgehead atoms. The molecule has 0 spiro atoms. The van der Waals surface area contributed by atoms with Gasteiger partial charge in [0, 0.05) is 33.0 Å². The van der Waals surface area contributed by atoms with Crippen LogP contribution in [0.1, 0.15) is 0 Å². The van der Waals surface area contributed by atoms with Crippen LogP contribution in [0.15, 0.2) is 224 Å². The van der Waals surface area contributed by atoms with Crippen LogP contribution in [0.25, 0.3) is 116 Å². The van der Waals surface area contributed by atoms with Gasteiger partial charge in [-0.15, -0.1) is 0 Å². The van der Waals surface area contributed by atoms with Crippen molar-refractivity contribution in [3.8, 4) is 61.7 Å². The highest BCUT2D eigenvalue weighted by atomic mass is 15.0. The molecule has 12 rings (SSSR count). The molecular formula is C58H37N3. The van der Waals surface area contributed by atoms with Crippen molar-refractivity contribution < 1.29 is 0 Å². The molecule has 2 heterocycles. The van der Waals surface area contributed by atoms with Crippen LogP contribution in [-0.4, -0.2) is 14.5 Å². The minimum Gasteiger partial charge on any atom is -0.309 e. The topological polar surface area (TPSA) is 30.7 Å². The lowest BCUT2D eigenvalue weighted by Gasteiger charge is -2.15. The zero-order chi connectivity index (χ0) is 40.3. The maximum atomic E-state index is 5.44. The second-order valence-electron chi connectivity index (χ2n) is 15.7. The SMILES string of the molecule is c1ccc(-c2ccc(-c3nc(-c4cccc(-c5ccccc5)c4)c4cc(-n5c6ccc7ccccc7c6c6c7ccccc7c(-c7ccccc7)cc65)ccc4n3)cc2)cc1. The van der Waals surface area contributed by atoms with Gasteiger partial charge in [-0.05, 0) is 91.3 Å². The van der Waals surface area contributed by atoms with Crippen molar-refractivity contribution in [1.29, 1.82) is 0 Å². The van der Waals surface area contributed by atoms with E-state index in [9.17, 15) is 0 Å². The average molecular weight is 776 g/mol. The fraction of sp³-hybridized carbons (Fsp3) is 0. The Morgan fingerprint density at radius 1 is 0.311 bits per heavy atom. The van der Waals surface area contributed by atoms with Crippen LogP contribution in [0, 0.1) is 0 Å². The van der Waals surface area contributed by atoms with Gasteiger partial charge in [0.25, 0.3) is 0 Å². The van der Waals surface area contributed by atoms with E-state index < -0.39 is 0 Å². The van der Waals surface area contributed by atoms with Gasteiger partial charge in [-0.2, -0.15) is 0 Å². The number of fused-ring (bicyclic) bond motifs is 8. The molecule has 0 aliphatic carbocycles. The molecule has 0 unspecified atom stereocenters. The van der Waals surface area contributed by atoms with Crippen molar-refractivity contribution in [2.75, 3.05) is 0 Å². The number of hydrogen-bond donors (Lipinski definition) is 0. The van der Waals surface area contributed by atoms with Crippen LogP contribution in [0.5, 0.6) is 0 Å². The van der Waals surface area contributed by atoms with Gasteiger partial charge in [-0.3, -0.25) is 0 Å². The molecule has 61 heavy (non-hydrogen) atoms. The Labute approximate surface area is 353 Å². The monoisotopic (exact) mass is 775 g/mol. The third-order valence-electron chi connectivity index (χ3n) is 12.2. The van der Waals surface area contributed by atoms with E-state index in [1.807, 2.05) is 6.07 Å². The number of hydrogen-bond acceptors (Lipinski definition) is 2. The highest BCUT2D eigenvalue weighted by Crippen LogP contribution is 2.44. The summed E-state index contributed by atoms with van der Waals surface area (Å²) in [5, 5.41) is 8.45. The van der Waals surface area contributed by atoms with E-state index in [4.69, 9.17) is 9.97 Å². The summed E-state index contributed by atoms with van der Waals surface area (Å²) < 4.78 is 2.45. The maximum Gasteiger partial charge on any atom is 0.160 e. The van der Waals surface area contributed by atoms with Crippen LogP contribution in [0.4, 0.5) is 0 Å². The summed E-state index contributed by atoms with van der Waals surface area (Å²) in [6, 6.07) is 80.5. The predicted molar refractivity (Wildman–Crippen MR) is 256 cm³/mol. The molecule has 0 aliphatic rings. The summed E-state index contributed by atoms with van der Waals surface area (Å²) in [5.41, 5.74) is 14.2. The molecule has 0 amide bonds. The highest BCUT2D eigenvalue weighted by molar-refractivity contribution is 6.30. The second kappa shape index (κ2) is 14.3. The first kappa shape index (κ1) is 34.9. The molecule has 0 atom stereocenters. The van der Waals surface area contributed by atoms with E-state index in [2.05, 4.69) is 223 Å². The van der Waals surface area contributed by atoms with E-state index in [-0.39, 0.29) is 0 Å². The van der Waals surface area contributed by atoms with Crippen LogP contribution in [-0.2, 0) is 0 Å². The minimum atomic E-state index is 0.697. The summed E-state index contributed by atoms with van der Waals surface area (Å²) in [6.45, 7) is 0. The standard InChI is InChI=1S/C58H37N3/c1-4-15-38(16-5-1)40-27-29-43(30-28-40)58-59-52-33-32-46(36-51(52)57(60-58)45-23-14-22-44(35-45)39-17-6-2-7-18-39)61-53-34-31-42-21-10-11-24-47(42)55(53)56-49-26-13-12-25-48(49)50(37-54(56)61)41-19-8-3-9-20-41/h1-37H. The quantitative estimate of drug-likeness (QED) is 0.168. The van der Waals surface area contributed by atoms with E-state index in [0.29, 0.717) is 5.82 Å². The molecule has 0 saturated carbocycles. The first-order valence-electron chi connectivity index (χ1n) is 20.8. The fourth-order valence-corrected chi connectivity index (χ4v) is 9.30. The number of aromatic nitrogens is 3. The largest absolute Gasteiger partial charge is 0.309 e. The second-order valence-corrected chi connectivity index (χ2v) is 15.7. The lowest BCUT2D eigenvalue weighted by atomic mass is 9.94. The van der Waals surface area contributed by atoms with Crippen LogP contribution in [0.2, 0.25) is 0 Å². The Hall–Kier alpha value is -8.14. The van der Waals surface area contributed by atoms with Gasteiger partial charge in [0.15, 0.2) is 5.82 Å². The Morgan fingerprint density at radius 2 is 0.885 bits per heavy atom. The van der Waals surface area contributed by atoms with Crippen LogP contribution >= 0.6 is 0 Å². The zero-order valence-corrected chi connectivity index (χ0v) is 33.2. The minimum absolute atomic E-state index is 0.697. The van der Waals surface area contributed by atoms with Crippen LogP contribution < -0.4 is 0 Å². The third kappa shape index (κ3) is 5.90. The smallest absolute Gasteiger partial charge is 0.160 e. The van der Waals surface area contributed by atoms with Gasteiger partial charge in [-0.1, -0.05) is 188 Å². The zero-order valence-electron chi connectivity index (χ0n) is 33.2. The molecule has 0 aliphatic heterocycles. The lowest BCUT2D eigenvalue weighted by molar-refractivity contribution is 1.18. The third-order valence-corrected chi connectivity index (χ3v) is 12.2. The number of rotatable bonds is 6. The molecule has 10 aromatic carbocycles. The van der Waals surface area contributed by atoms with Gasteiger partial charge < -0.3 is 4.57 Å². The van der Waals surface area contributed by atoms with Gasteiger partial charge in [0.1, 0.15) is 0 Å². The van der Waals surface area contributed by atoms with Crippen molar-refractivity contribution >= 4 is 54.3 Å². The summed E-state index contributed by atoms with van der Waals surface area (Å²) in [7, 11) is 0. The molecule has 0 N–H and O–H groups in total. The van der Waals surface area contributed by atoms with Crippen molar-refractivity contribution in [1.82, 2.24) is 14.5 Å². The predicted octanol–water partition coefficient (Wildman–Crippen LogP) is 15.4. The van der Waals surface area contributed by atoms with Crippen molar-refractivity contribution in [3.63, 3.8) is 0 Å². The summed E-state index contributed by atoms with van der Waals surface area (Å²) >= 11 is 0. The molecule has 3 heteroatoms. The Morgan fingerprint density at radius 3 is 1.64 bits per heavy atom. The van der Waals surface area contributed by atoms with Crippen molar-refractivity contribution in [3.05, 3.63) is 224 Å². The Bertz CT molecular complexity index is 3610. The molecular weight excluding hydrogens is 739 g/mol. The molecule has 284 valence electrons. The van der Waals surface area contributed by atoms with Gasteiger partial charge in [0.05, 0.1) is 22.2 Å². The number of nitrogens with zero attached hydrogens (tertiary/aromatic N) is 3. The molecule has 12 aromatic rings. The summed E-state index contributed by atoms with van der Waals surface area (Å²) in [4.78, 5) is 10.7. The van der Waals surface area contributed by atoms with Gasteiger partial charge >= 0.3 is 0 Å². The molecule has 0 radical (unpaired) electrons. The van der Waals surface area contributed by atoms with Crippen LogP contribution in [0.3, 0.4) is 0 Å². The average Bonchev–Trinajstić information content (AvgIpc) is 3.69. The molecule has 3 nitrogen and oxygen atoms in total. The van der Waals surface area contributed by atoms with E-state index >= 15 is 0 Å². The first-order chi connectivity index (χ1) is 30.2. The Balaban J connectivity index is 1.13. The van der Waals surface area contributed by atoms with Crippen molar-refractivity contribution in [2.24, 2.45) is 0 Å².